The van der Waals surface area contributed by atoms with E-state index in [0.29, 0.717) is 19.1 Å². The van der Waals surface area contributed by atoms with Gasteiger partial charge in [0, 0.05) is 32.0 Å². The highest BCUT2D eigenvalue weighted by molar-refractivity contribution is 5.39. The predicted molar refractivity (Wildman–Crippen MR) is 120 cm³/mol. The molecule has 4 aromatic rings. The Morgan fingerprint density at radius 2 is 1.74 bits per heavy atom. The van der Waals surface area contributed by atoms with Crippen molar-refractivity contribution in [2.45, 2.75) is 19.6 Å². The van der Waals surface area contributed by atoms with Crippen LogP contribution >= 0.6 is 0 Å². The second-order valence-electron chi connectivity index (χ2n) is 7.69. The summed E-state index contributed by atoms with van der Waals surface area (Å²) in [6, 6.07) is 18.9. The Labute approximate surface area is 182 Å². The lowest BCUT2D eigenvalue weighted by Gasteiger charge is -2.21. The van der Waals surface area contributed by atoms with E-state index in [4.69, 9.17) is 14.1 Å². The second-order valence-corrected chi connectivity index (χ2v) is 7.69. The van der Waals surface area contributed by atoms with Crippen molar-refractivity contribution in [1.29, 1.82) is 0 Å². The molecule has 2 aromatic heterocycles. The summed E-state index contributed by atoms with van der Waals surface area (Å²) in [5.41, 5.74) is 4.18. The fourth-order valence-electron chi connectivity index (χ4n) is 3.46. The number of hydrogen-bond donors (Lipinski definition) is 0. The average molecular weight is 418 g/mol. The van der Waals surface area contributed by atoms with E-state index >= 15 is 0 Å². The third kappa shape index (κ3) is 5.32. The SMILES string of the molecule is COc1cccc(CN(Cc2cccc(-n3cccn3)c2)c2nc(CN(C)C)co2)c1. The summed E-state index contributed by atoms with van der Waals surface area (Å²) in [7, 11) is 5.71. The number of oxazole rings is 1. The Bertz CT molecular complexity index is 1100. The highest BCUT2D eigenvalue weighted by Crippen LogP contribution is 2.23. The quantitative estimate of drug-likeness (QED) is 0.408. The molecule has 0 spiro atoms. The summed E-state index contributed by atoms with van der Waals surface area (Å²) in [5.74, 6) is 0.832. The Hall–Kier alpha value is -3.58. The summed E-state index contributed by atoms with van der Waals surface area (Å²) >= 11 is 0. The van der Waals surface area contributed by atoms with Crippen LogP contribution < -0.4 is 9.64 Å². The minimum atomic E-state index is 0.601. The second kappa shape index (κ2) is 9.49. The van der Waals surface area contributed by atoms with Crippen molar-refractivity contribution in [3.05, 3.63) is 90.1 Å². The highest BCUT2D eigenvalue weighted by Gasteiger charge is 2.16. The monoisotopic (exact) mass is 417 g/mol. The molecule has 0 saturated heterocycles. The molecular formula is C24H27N5O2. The number of nitrogens with zero attached hydrogens (tertiary/aromatic N) is 5. The van der Waals surface area contributed by atoms with Crippen molar-refractivity contribution >= 4 is 6.01 Å². The topological polar surface area (TPSA) is 59.6 Å². The van der Waals surface area contributed by atoms with Gasteiger partial charge in [-0.1, -0.05) is 24.3 Å². The van der Waals surface area contributed by atoms with Crippen LogP contribution in [0, 0.1) is 0 Å². The number of hydrogen-bond acceptors (Lipinski definition) is 6. The van der Waals surface area contributed by atoms with E-state index in [-0.39, 0.29) is 0 Å². The van der Waals surface area contributed by atoms with E-state index in [1.807, 2.05) is 61.4 Å². The highest BCUT2D eigenvalue weighted by atomic mass is 16.5. The van der Waals surface area contributed by atoms with E-state index in [1.54, 1.807) is 19.6 Å². The summed E-state index contributed by atoms with van der Waals surface area (Å²) in [4.78, 5) is 8.93. The zero-order valence-electron chi connectivity index (χ0n) is 18.1. The van der Waals surface area contributed by atoms with Gasteiger partial charge in [0.1, 0.15) is 12.0 Å². The van der Waals surface area contributed by atoms with E-state index in [0.717, 1.165) is 34.8 Å². The van der Waals surface area contributed by atoms with Crippen LogP contribution in [0.25, 0.3) is 5.69 Å². The van der Waals surface area contributed by atoms with Crippen molar-refractivity contribution in [1.82, 2.24) is 19.7 Å². The third-order valence-electron chi connectivity index (χ3n) is 4.85. The van der Waals surface area contributed by atoms with Gasteiger partial charge in [0.05, 0.1) is 18.5 Å². The van der Waals surface area contributed by atoms with Crippen LogP contribution in [0.15, 0.2) is 77.7 Å². The number of aromatic nitrogens is 3. The lowest BCUT2D eigenvalue weighted by atomic mass is 10.1. The molecule has 0 N–H and O–H groups in total. The molecule has 0 aliphatic heterocycles. The van der Waals surface area contributed by atoms with Gasteiger partial charge in [-0.25, -0.2) is 4.68 Å². The molecule has 31 heavy (non-hydrogen) atoms. The Balaban J connectivity index is 1.62. The Morgan fingerprint density at radius 3 is 2.45 bits per heavy atom. The van der Waals surface area contributed by atoms with Gasteiger partial charge in [0.15, 0.2) is 0 Å². The normalized spacial score (nSPS) is 11.1. The number of methoxy groups -OCH3 is 1. The fraction of sp³-hybridized carbons (Fsp3) is 0.250. The summed E-state index contributed by atoms with van der Waals surface area (Å²) in [5, 5.41) is 4.34. The molecule has 4 rings (SSSR count). The first-order valence-electron chi connectivity index (χ1n) is 10.2. The third-order valence-corrected chi connectivity index (χ3v) is 4.85. The predicted octanol–water partition coefficient (Wildman–Crippen LogP) is 4.14. The molecule has 0 fully saturated rings. The van der Waals surface area contributed by atoms with Crippen molar-refractivity contribution < 1.29 is 9.15 Å². The fourth-order valence-corrected chi connectivity index (χ4v) is 3.46. The Kier molecular flexibility index (Phi) is 6.33. The lowest BCUT2D eigenvalue weighted by Crippen LogP contribution is -2.23. The van der Waals surface area contributed by atoms with Crippen LogP contribution in [0.1, 0.15) is 16.8 Å². The maximum absolute atomic E-state index is 5.87. The summed E-state index contributed by atoms with van der Waals surface area (Å²) < 4.78 is 13.1. The van der Waals surface area contributed by atoms with Gasteiger partial charge in [-0.2, -0.15) is 10.1 Å². The molecule has 7 heteroatoms. The number of ether oxygens (including phenoxy) is 1. The molecule has 0 saturated carbocycles. The van der Waals surface area contributed by atoms with Gasteiger partial charge in [0.2, 0.25) is 0 Å². The molecule has 0 aliphatic carbocycles. The number of benzene rings is 2. The van der Waals surface area contributed by atoms with Gasteiger partial charge < -0.3 is 19.0 Å². The van der Waals surface area contributed by atoms with Crippen LogP contribution in [0.2, 0.25) is 0 Å². The molecule has 0 aliphatic rings. The molecule has 2 aromatic carbocycles. The van der Waals surface area contributed by atoms with Gasteiger partial charge in [-0.15, -0.1) is 0 Å². The van der Waals surface area contributed by atoms with E-state index in [9.17, 15) is 0 Å². The number of rotatable bonds is 9. The molecule has 160 valence electrons. The lowest BCUT2D eigenvalue weighted by molar-refractivity contribution is 0.396. The van der Waals surface area contributed by atoms with Gasteiger partial charge >= 0.3 is 0 Å². The average Bonchev–Trinajstić information content (AvgIpc) is 3.46. The van der Waals surface area contributed by atoms with Crippen molar-refractivity contribution in [2.24, 2.45) is 0 Å². The van der Waals surface area contributed by atoms with Gasteiger partial charge in [-0.3, -0.25) is 0 Å². The van der Waals surface area contributed by atoms with Crippen molar-refractivity contribution in [2.75, 3.05) is 26.1 Å². The first kappa shape index (κ1) is 20.7. The largest absolute Gasteiger partial charge is 0.497 e. The standard InChI is InChI=1S/C24H27N5O2/c1-27(2)17-21-18-31-24(26-21)28(16-20-8-5-10-23(14-20)30-3)15-19-7-4-9-22(13-19)29-12-6-11-25-29/h4-14,18H,15-17H2,1-3H3. The van der Waals surface area contributed by atoms with E-state index in [1.165, 1.54) is 0 Å². The molecular weight excluding hydrogens is 390 g/mol. The first-order chi connectivity index (χ1) is 15.1. The van der Waals surface area contributed by atoms with Crippen molar-refractivity contribution in [3.63, 3.8) is 0 Å². The molecule has 2 heterocycles. The molecule has 7 nitrogen and oxygen atoms in total. The van der Waals surface area contributed by atoms with E-state index < -0.39 is 0 Å². The maximum Gasteiger partial charge on any atom is 0.298 e. The molecule has 0 radical (unpaired) electrons. The summed E-state index contributed by atoms with van der Waals surface area (Å²) in [6.45, 7) is 2.02. The summed E-state index contributed by atoms with van der Waals surface area (Å²) in [6.07, 6.45) is 5.45. The van der Waals surface area contributed by atoms with Crippen molar-refractivity contribution in [3.8, 4) is 11.4 Å². The molecule has 0 amide bonds. The number of anilines is 1. The first-order valence-corrected chi connectivity index (χ1v) is 10.2. The minimum absolute atomic E-state index is 0.601. The van der Waals surface area contributed by atoms with Gasteiger partial charge in [0.25, 0.3) is 6.01 Å². The maximum atomic E-state index is 5.87. The minimum Gasteiger partial charge on any atom is -0.497 e. The molecule has 0 unspecified atom stereocenters. The molecule has 0 atom stereocenters. The zero-order valence-corrected chi connectivity index (χ0v) is 18.1. The van der Waals surface area contributed by atoms with E-state index in [2.05, 4.69) is 33.1 Å². The van der Waals surface area contributed by atoms with Crippen LogP contribution in [-0.2, 0) is 19.6 Å². The van der Waals surface area contributed by atoms with Gasteiger partial charge in [-0.05, 0) is 55.6 Å². The van der Waals surface area contributed by atoms with Crippen LogP contribution in [0.3, 0.4) is 0 Å². The van der Waals surface area contributed by atoms with Crippen LogP contribution in [-0.4, -0.2) is 40.9 Å². The smallest absolute Gasteiger partial charge is 0.298 e. The zero-order chi connectivity index (χ0) is 21.6. The Morgan fingerprint density at radius 1 is 0.968 bits per heavy atom. The van der Waals surface area contributed by atoms with Crippen LogP contribution in [0.4, 0.5) is 6.01 Å². The molecule has 0 bridgehead atoms. The van der Waals surface area contributed by atoms with Crippen LogP contribution in [0.5, 0.6) is 5.75 Å².